The van der Waals surface area contributed by atoms with E-state index in [2.05, 4.69) is 11.6 Å². The van der Waals surface area contributed by atoms with Crippen LogP contribution >= 0.6 is 11.3 Å². The normalized spacial score (nSPS) is 15.4. The van der Waals surface area contributed by atoms with Gasteiger partial charge >= 0.3 is 5.97 Å². The molecule has 0 N–H and O–H groups in total. The van der Waals surface area contributed by atoms with Gasteiger partial charge in [-0.15, -0.1) is 0 Å². The van der Waals surface area contributed by atoms with Crippen LogP contribution in [-0.4, -0.2) is 31.4 Å². The van der Waals surface area contributed by atoms with Crippen molar-refractivity contribution in [3.63, 3.8) is 0 Å². The van der Waals surface area contributed by atoms with Crippen LogP contribution in [0.5, 0.6) is 11.5 Å². The van der Waals surface area contributed by atoms with Crippen LogP contribution in [0.3, 0.4) is 0 Å². The number of carbonyl (C=O) groups is 1. The Hall–Kier alpha value is -3.91. The van der Waals surface area contributed by atoms with E-state index in [0.29, 0.717) is 26.4 Å². The lowest BCUT2D eigenvalue weighted by Gasteiger charge is -2.24. The van der Waals surface area contributed by atoms with E-state index in [-0.39, 0.29) is 12.2 Å². The van der Waals surface area contributed by atoms with Crippen molar-refractivity contribution in [2.45, 2.75) is 13.0 Å². The quantitative estimate of drug-likeness (QED) is 0.387. The Bertz CT molecular complexity index is 1430. The number of nitrogens with zero attached hydrogens (tertiary/aromatic N) is 2. The molecule has 3 aromatic rings. The molecule has 7 nitrogen and oxygen atoms in total. The number of esters is 1. The SMILES string of the molecule is C=CCOC(=O)C1=C(C)N=c2s/c(=C/c3ccc(OC)cc3)c(=O)n2C1c1ccc(OC)cc1. The molecule has 0 aliphatic carbocycles. The molecule has 0 radical (unpaired) electrons. The summed E-state index contributed by atoms with van der Waals surface area (Å²) in [4.78, 5) is 31.7. The average molecular weight is 477 g/mol. The van der Waals surface area contributed by atoms with Crippen molar-refractivity contribution in [3.8, 4) is 11.5 Å². The summed E-state index contributed by atoms with van der Waals surface area (Å²) in [7, 11) is 3.19. The molecule has 1 unspecified atom stereocenters. The molecule has 1 aliphatic heterocycles. The summed E-state index contributed by atoms with van der Waals surface area (Å²) in [5.41, 5.74) is 2.19. The third-order valence-electron chi connectivity index (χ3n) is 5.42. The van der Waals surface area contributed by atoms with Crippen molar-refractivity contribution in [3.05, 3.63) is 103 Å². The summed E-state index contributed by atoms with van der Waals surface area (Å²) in [6, 6.07) is 14.0. The Morgan fingerprint density at radius 2 is 1.71 bits per heavy atom. The van der Waals surface area contributed by atoms with Gasteiger partial charge in [0, 0.05) is 0 Å². The predicted octanol–water partition coefficient (Wildman–Crippen LogP) is 2.98. The maximum absolute atomic E-state index is 13.6. The van der Waals surface area contributed by atoms with Gasteiger partial charge in [0.1, 0.15) is 18.1 Å². The van der Waals surface area contributed by atoms with Crippen LogP contribution in [-0.2, 0) is 9.53 Å². The van der Waals surface area contributed by atoms with E-state index in [0.717, 1.165) is 16.9 Å². The van der Waals surface area contributed by atoms with E-state index >= 15 is 0 Å². The third-order valence-corrected chi connectivity index (χ3v) is 6.40. The van der Waals surface area contributed by atoms with E-state index in [1.54, 1.807) is 37.8 Å². The van der Waals surface area contributed by atoms with Gasteiger partial charge in [0.2, 0.25) is 0 Å². The van der Waals surface area contributed by atoms with Gasteiger partial charge in [-0.05, 0) is 48.4 Å². The molecule has 8 heteroatoms. The molecule has 34 heavy (non-hydrogen) atoms. The third kappa shape index (κ3) is 4.45. The van der Waals surface area contributed by atoms with Crippen molar-refractivity contribution in [2.75, 3.05) is 20.8 Å². The summed E-state index contributed by atoms with van der Waals surface area (Å²) in [5, 5.41) is 0. The molecule has 2 aromatic carbocycles. The van der Waals surface area contributed by atoms with Gasteiger partial charge in [0.15, 0.2) is 4.80 Å². The molecule has 0 spiro atoms. The Kier molecular flexibility index (Phi) is 6.79. The smallest absolute Gasteiger partial charge is 0.338 e. The molecular weight excluding hydrogens is 452 g/mol. The van der Waals surface area contributed by atoms with Crippen molar-refractivity contribution in [2.24, 2.45) is 4.99 Å². The number of ether oxygens (including phenoxy) is 3. The first-order chi connectivity index (χ1) is 16.5. The summed E-state index contributed by atoms with van der Waals surface area (Å²) in [5.74, 6) is 0.870. The minimum absolute atomic E-state index is 0.0623. The molecule has 0 saturated carbocycles. The van der Waals surface area contributed by atoms with Crippen molar-refractivity contribution >= 4 is 23.4 Å². The fraction of sp³-hybridized carbons (Fsp3) is 0.192. The maximum atomic E-state index is 13.6. The minimum Gasteiger partial charge on any atom is -0.497 e. The van der Waals surface area contributed by atoms with Crippen LogP contribution in [0.25, 0.3) is 6.08 Å². The molecule has 0 amide bonds. The molecule has 2 heterocycles. The van der Waals surface area contributed by atoms with Crippen LogP contribution in [0, 0.1) is 0 Å². The van der Waals surface area contributed by atoms with Crippen LogP contribution < -0.4 is 24.4 Å². The van der Waals surface area contributed by atoms with Gasteiger partial charge in [-0.2, -0.15) is 0 Å². The lowest BCUT2D eigenvalue weighted by atomic mass is 9.96. The van der Waals surface area contributed by atoms with E-state index in [1.807, 2.05) is 42.5 Å². The van der Waals surface area contributed by atoms with Gasteiger partial charge in [-0.25, -0.2) is 9.79 Å². The van der Waals surface area contributed by atoms with Crippen LogP contribution in [0.1, 0.15) is 24.1 Å². The largest absolute Gasteiger partial charge is 0.497 e. The second-order valence-electron chi connectivity index (χ2n) is 7.52. The first-order valence-corrected chi connectivity index (χ1v) is 11.4. The first-order valence-electron chi connectivity index (χ1n) is 10.6. The molecule has 174 valence electrons. The lowest BCUT2D eigenvalue weighted by molar-refractivity contribution is -0.138. The van der Waals surface area contributed by atoms with Gasteiger partial charge in [-0.3, -0.25) is 9.36 Å². The van der Waals surface area contributed by atoms with Crippen molar-refractivity contribution < 1.29 is 19.0 Å². The zero-order valence-corrected chi connectivity index (χ0v) is 19.9. The van der Waals surface area contributed by atoms with E-state index < -0.39 is 12.0 Å². The van der Waals surface area contributed by atoms with Crippen molar-refractivity contribution in [1.82, 2.24) is 4.57 Å². The number of allylic oxidation sites excluding steroid dienone is 1. The predicted molar refractivity (Wildman–Crippen MR) is 131 cm³/mol. The topological polar surface area (TPSA) is 79.1 Å². The number of hydrogen-bond donors (Lipinski definition) is 0. The molecule has 1 aliphatic rings. The monoisotopic (exact) mass is 476 g/mol. The highest BCUT2D eigenvalue weighted by atomic mass is 32.1. The number of benzene rings is 2. The Morgan fingerprint density at radius 1 is 1.09 bits per heavy atom. The highest BCUT2D eigenvalue weighted by Gasteiger charge is 2.33. The highest BCUT2D eigenvalue weighted by molar-refractivity contribution is 7.07. The highest BCUT2D eigenvalue weighted by Crippen LogP contribution is 2.31. The van der Waals surface area contributed by atoms with Gasteiger partial charge in [-0.1, -0.05) is 48.3 Å². The summed E-state index contributed by atoms with van der Waals surface area (Å²) in [6.07, 6.45) is 3.31. The minimum atomic E-state index is -0.683. The zero-order valence-electron chi connectivity index (χ0n) is 19.1. The summed E-state index contributed by atoms with van der Waals surface area (Å²) < 4.78 is 17.9. The molecular formula is C26H24N2O5S. The number of methoxy groups -OCH3 is 2. The number of aromatic nitrogens is 1. The van der Waals surface area contributed by atoms with E-state index in [4.69, 9.17) is 14.2 Å². The first kappa shape index (κ1) is 23.3. The number of thiazole rings is 1. The average Bonchev–Trinajstić information content (AvgIpc) is 3.16. The fourth-order valence-electron chi connectivity index (χ4n) is 3.75. The second-order valence-corrected chi connectivity index (χ2v) is 8.52. The van der Waals surface area contributed by atoms with E-state index in [9.17, 15) is 9.59 Å². The molecule has 0 saturated heterocycles. The Labute approximate surface area is 200 Å². The van der Waals surface area contributed by atoms with E-state index in [1.165, 1.54) is 17.4 Å². The van der Waals surface area contributed by atoms with Crippen LogP contribution in [0.2, 0.25) is 0 Å². The Morgan fingerprint density at radius 3 is 2.29 bits per heavy atom. The Balaban J connectivity index is 1.89. The number of carbonyl (C=O) groups excluding carboxylic acids is 1. The second kappa shape index (κ2) is 9.93. The van der Waals surface area contributed by atoms with Crippen LogP contribution in [0.4, 0.5) is 0 Å². The fourth-order valence-corrected chi connectivity index (χ4v) is 4.79. The standard InChI is InChI=1S/C26H24N2O5S/c1-5-14-33-25(30)22-16(2)27-26-28(23(22)18-8-12-20(32-4)13-9-18)24(29)21(34-26)15-17-6-10-19(31-3)11-7-17/h5-13,15,23H,1,14H2,2-4H3/b21-15+. The molecule has 0 fully saturated rings. The molecule has 0 bridgehead atoms. The number of rotatable bonds is 7. The number of fused-ring (bicyclic) bond motifs is 1. The molecule has 4 rings (SSSR count). The van der Waals surface area contributed by atoms with Gasteiger partial charge in [0.05, 0.1) is 36.1 Å². The lowest BCUT2D eigenvalue weighted by Crippen LogP contribution is -2.39. The van der Waals surface area contributed by atoms with Gasteiger partial charge in [0.25, 0.3) is 5.56 Å². The molecule has 1 aromatic heterocycles. The summed E-state index contributed by atoms with van der Waals surface area (Å²) >= 11 is 1.28. The zero-order chi connectivity index (χ0) is 24.2. The summed E-state index contributed by atoms with van der Waals surface area (Å²) in [6.45, 7) is 5.41. The maximum Gasteiger partial charge on any atom is 0.338 e. The van der Waals surface area contributed by atoms with Gasteiger partial charge < -0.3 is 14.2 Å². The number of hydrogen-bond acceptors (Lipinski definition) is 7. The van der Waals surface area contributed by atoms with Crippen molar-refractivity contribution in [1.29, 1.82) is 0 Å². The molecule has 1 atom stereocenters. The van der Waals surface area contributed by atoms with Crippen LogP contribution in [0.15, 0.2) is 82.2 Å².